The van der Waals surface area contributed by atoms with Crippen molar-refractivity contribution in [1.29, 1.82) is 0 Å². The lowest BCUT2D eigenvalue weighted by Crippen LogP contribution is -2.75. The Morgan fingerprint density at radius 1 is 0.370 bits per heavy atom. The van der Waals surface area contributed by atoms with Gasteiger partial charge in [-0.15, -0.1) is 0 Å². The first-order valence-electron chi connectivity index (χ1n) is 18.4. The summed E-state index contributed by atoms with van der Waals surface area (Å²) in [6.45, 7) is 0. The molecule has 11 aromatic rings. The van der Waals surface area contributed by atoms with Crippen molar-refractivity contribution in [3.8, 4) is 11.5 Å². The van der Waals surface area contributed by atoms with Gasteiger partial charge in [-0.2, -0.15) is 0 Å². The van der Waals surface area contributed by atoms with Crippen molar-refractivity contribution in [2.45, 2.75) is 0 Å². The molecule has 0 fully saturated rings. The second kappa shape index (κ2) is 12.0. The Balaban J connectivity index is 1.16. The summed E-state index contributed by atoms with van der Waals surface area (Å²) in [7, 11) is -2.83. The normalized spacial score (nSPS) is 12.1. The van der Waals surface area contributed by atoms with Gasteiger partial charge in [0.2, 0.25) is 13.9 Å². The van der Waals surface area contributed by atoms with Crippen molar-refractivity contribution in [2.24, 2.45) is 0 Å². The highest BCUT2D eigenvalue weighted by Crippen LogP contribution is 2.35. The van der Waals surface area contributed by atoms with Crippen LogP contribution in [0.5, 0.6) is 0 Å². The van der Waals surface area contributed by atoms with Gasteiger partial charge in [0.1, 0.15) is 5.82 Å². The van der Waals surface area contributed by atoms with Crippen LogP contribution in [0.3, 0.4) is 0 Å². The average molecular weight is 708 g/mol. The monoisotopic (exact) mass is 707 g/mol. The van der Waals surface area contributed by atoms with Crippen molar-refractivity contribution < 1.29 is 0 Å². The van der Waals surface area contributed by atoms with Crippen LogP contribution >= 0.6 is 0 Å². The van der Waals surface area contributed by atoms with Crippen molar-refractivity contribution in [3.63, 3.8) is 0 Å². The molecule has 54 heavy (non-hydrogen) atoms. The molecule has 11 rings (SSSR count). The van der Waals surface area contributed by atoms with Gasteiger partial charge in [-0.25, -0.2) is 9.97 Å². The fourth-order valence-electron chi connectivity index (χ4n) is 8.72. The van der Waals surface area contributed by atoms with E-state index in [4.69, 9.17) is 9.97 Å². The SMILES string of the molecule is c1ccc([Si](c2ccccc2)(c2ccccc2)c2cccc(-n3c4ccccc4c4cc(-n5c6ccccc6n6c7ccccc7nc56)ccc43)n2)cc1. The maximum absolute atomic E-state index is 5.70. The van der Waals surface area contributed by atoms with Gasteiger partial charge in [-0.3, -0.25) is 13.5 Å². The first kappa shape index (κ1) is 30.6. The number of hydrogen-bond donors (Lipinski definition) is 0. The molecule has 0 radical (unpaired) electrons. The van der Waals surface area contributed by atoms with Crippen molar-refractivity contribution in [3.05, 3.63) is 200 Å². The number of aromatic nitrogens is 5. The summed E-state index contributed by atoms with van der Waals surface area (Å²) in [6, 6.07) is 72.0. The van der Waals surface area contributed by atoms with Crippen LogP contribution in [0, 0.1) is 0 Å². The number of pyridine rings is 1. The van der Waals surface area contributed by atoms with Gasteiger partial charge in [0, 0.05) is 21.8 Å². The second-order valence-electron chi connectivity index (χ2n) is 13.8. The van der Waals surface area contributed by atoms with E-state index in [0.29, 0.717) is 0 Å². The number of imidazole rings is 2. The topological polar surface area (TPSA) is 40.0 Å². The molecule has 0 bridgehead atoms. The zero-order valence-electron chi connectivity index (χ0n) is 29.3. The van der Waals surface area contributed by atoms with E-state index in [2.05, 4.69) is 214 Å². The van der Waals surface area contributed by atoms with Crippen LogP contribution in [-0.2, 0) is 0 Å². The van der Waals surface area contributed by atoms with Crippen molar-refractivity contribution in [2.75, 3.05) is 0 Å². The number of hydrogen-bond acceptors (Lipinski definition) is 2. The van der Waals surface area contributed by atoms with Crippen LogP contribution in [-0.4, -0.2) is 31.6 Å². The quantitative estimate of drug-likeness (QED) is 0.129. The number of benzene rings is 7. The highest BCUT2D eigenvalue weighted by Gasteiger charge is 2.43. The Morgan fingerprint density at radius 3 is 1.61 bits per heavy atom. The van der Waals surface area contributed by atoms with E-state index in [1.807, 2.05) is 0 Å². The zero-order valence-corrected chi connectivity index (χ0v) is 30.3. The fraction of sp³-hybridized carbons (Fsp3) is 0. The number of fused-ring (bicyclic) bond motifs is 8. The number of para-hydroxylation sites is 5. The predicted octanol–water partition coefficient (Wildman–Crippen LogP) is 8.30. The van der Waals surface area contributed by atoms with Crippen LogP contribution in [0.15, 0.2) is 200 Å². The van der Waals surface area contributed by atoms with Crippen LogP contribution in [0.2, 0.25) is 0 Å². The molecule has 0 aliphatic carbocycles. The Labute approximate surface area is 312 Å². The Hall–Kier alpha value is -7.02. The third-order valence-electron chi connectivity index (χ3n) is 11.0. The van der Waals surface area contributed by atoms with Crippen LogP contribution in [0.25, 0.3) is 61.2 Å². The molecule has 0 unspecified atom stereocenters. The van der Waals surface area contributed by atoms with Crippen LogP contribution < -0.4 is 20.9 Å². The van der Waals surface area contributed by atoms with Gasteiger partial charge in [0.15, 0.2) is 0 Å². The summed E-state index contributed by atoms with van der Waals surface area (Å²) in [6.07, 6.45) is 0. The summed E-state index contributed by atoms with van der Waals surface area (Å²) >= 11 is 0. The summed E-state index contributed by atoms with van der Waals surface area (Å²) < 4.78 is 6.90. The molecule has 254 valence electrons. The highest BCUT2D eigenvalue weighted by atomic mass is 28.3. The minimum Gasteiger partial charge on any atom is -0.294 e. The minimum atomic E-state index is -2.83. The molecule has 4 heterocycles. The molecule has 0 saturated carbocycles. The van der Waals surface area contributed by atoms with E-state index in [1.54, 1.807) is 0 Å². The molecule has 0 spiro atoms. The maximum Gasteiger partial charge on any atom is 0.220 e. The third kappa shape index (κ3) is 4.38. The van der Waals surface area contributed by atoms with Gasteiger partial charge < -0.3 is 0 Å². The average Bonchev–Trinajstić information content (AvgIpc) is 3.89. The molecular formula is C48H33N5Si. The molecule has 4 aromatic heterocycles. The van der Waals surface area contributed by atoms with E-state index in [0.717, 1.165) is 55.7 Å². The molecule has 7 aromatic carbocycles. The lowest BCUT2D eigenvalue weighted by atomic mass is 10.1. The van der Waals surface area contributed by atoms with Gasteiger partial charge in [-0.05, 0) is 76.2 Å². The molecule has 0 saturated heterocycles. The van der Waals surface area contributed by atoms with E-state index in [-0.39, 0.29) is 0 Å². The minimum absolute atomic E-state index is 0.902. The maximum atomic E-state index is 5.70. The molecule has 6 heteroatoms. The molecule has 0 atom stereocenters. The van der Waals surface area contributed by atoms with Crippen LogP contribution in [0.1, 0.15) is 0 Å². The van der Waals surface area contributed by atoms with Gasteiger partial charge in [-0.1, -0.05) is 140 Å². The first-order chi connectivity index (χ1) is 26.8. The van der Waals surface area contributed by atoms with Crippen LogP contribution in [0.4, 0.5) is 0 Å². The summed E-state index contributed by atoms with van der Waals surface area (Å²) in [5.74, 6) is 1.80. The van der Waals surface area contributed by atoms with E-state index in [1.165, 1.54) is 26.3 Å². The van der Waals surface area contributed by atoms with Crippen molar-refractivity contribution >= 4 is 78.6 Å². The molecule has 0 aliphatic heterocycles. The molecule has 0 aliphatic rings. The second-order valence-corrected chi connectivity index (χ2v) is 17.6. The Bertz CT molecular complexity index is 3060. The lowest BCUT2D eigenvalue weighted by Gasteiger charge is -2.33. The van der Waals surface area contributed by atoms with Crippen molar-refractivity contribution in [1.82, 2.24) is 23.5 Å². The summed E-state index contributed by atoms with van der Waals surface area (Å²) in [5.41, 5.74) is 7.63. The summed E-state index contributed by atoms with van der Waals surface area (Å²) in [5, 5.41) is 7.35. The highest BCUT2D eigenvalue weighted by molar-refractivity contribution is 7.19. The van der Waals surface area contributed by atoms with Gasteiger partial charge in [0.05, 0.1) is 33.1 Å². The standard InChI is InChI=1S/C48H33N5Si/c1-4-17-35(18-5-1)54(36-19-6-2-7-20-36,37-21-8-3-9-22-37)47-30-16-29-46(50-47)52-41-25-12-10-23-38(41)39-33-34(31-32-42(39)52)51-44-27-14-15-28-45(44)53-43-26-13-11-24-40(43)49-48(51)53/h1-33H. The first-order valence-corrected chi connectivity index (χ1v) is 20.4. The Kier molecular flexibility index (Phi) is 6.81. The van der Waals surface area contributed by atoms with E-state index in [9.17, 15) is 0 Å². The predicted molar refractivity (Wildman–Crippen MR) is 225 cm³/mol. The fourth-order valence-corrected chi connectivity index (χ4v) is 13.3. The zero-order chi connectivity index (χ0) is 35.6. The molecule has 0 amide bonds. The Morgan fingerprint density at radius 2 is 0.926 bits per heavy atom. The lowest BCUT2D eigenvalue weighted by molar-refractivity contribution is 1.09. The number of rotatable bonds is 6. The largest absolute Gasteiger partial charge is 0.294 e. The third-order valence-corrected chi connectivity index (χ3v) is 15.6. The van der Waals surface area contributed by atoms with E-state index < -0.39 is 8.07 Å². The number of nitrogens with zero attached hydrogens (tertiary/aromatic N) is 5. The molecule has 5 nitrogen and oxygen atoms in total. The summed E-state index contributed by atoms with van der Waals surface area (Å²) in [4.78, 5) is 10.8. The van der Waals surface area contributed by atoms with Gasteiger partial charge in [0.25, 0.3) is 0 Å². The van der Waals surface area contributed by atoms with E-state index >= 15 is 0 Å². The molecular weight excluding hydrogens is 675 g/mol. The van der Waals surface area contributed by atoms with Gasteiger partial charge >= 0.3 is 0 Å². The smallest absolute Gasteiger partial charge is 0.220 e. The molecule has 0 N–H and O–H groups in total.